The molecule has 0 saturated heterocycles. The zero-order chi connectivity index (χ0) is 10.1. The molecule has 6 nitrogen and oxygen atoms in total. The smallest absolute Gasteiger partial charge is 0.222 e. The number of aromatic nitrogens is 2. The Hall–Kier alpha value is -1.34. The highest BCUT2D eigenvalue weighted by Gasteiger charge is 2.10. The molecule has 0 aliphatic carbocycles. The van der Waals surface area contributed by atoms with Crippen LogP contribution < -0.4 is 4.72 Å². The lowest BCUT2D eigenvalue weighted by Gasteiger charge is -1.98. The van der Waals surface area contributed by atoms with Gasteiger partial charge in [-0.25, -0.2) is 13.0 Å². The summed E-state index contributed by atoms with van der Waals surface area (Å²) in [5.41, 5.74) is 0.909. The third-order valence-corrected chi connectivity index (χ3v) is 2.31. The van der Waals surface area contributed by atoms with E-state index >= 15 is 0 Å². The first-order chi connectivity index (χ1) is 6.68. The summed E-state index contributed by atoms with van der Waals surface area (Å²) < 4.78 is 27.5. The zero-order valence-electron chi connectivity index (χ0n) is 6.60. The van der Waals surface area contributed by atoms with Crippen LogP contribution in [0.15, 0.2) is 16.8 Å². The second-order valence-corrected chi connectivity index (χ2v) is 3.57. The van der Waals surface area contributed by atoms with Gasteiger partial charge in [0.25, 0.3) is 0 Å². The van der Waals surface area contributed by atoms with Gasteiger partial charge in [0.1, 0.15) is 0 Å². The van der Waals surface area contributed by atoms with Crippen molar-refractivity contribution < 1.29 is 13.0 Å². The van der Waals surface area contributed by atoms with Crippen LogP contribution in [0.1, 0.15) is 0 Å². The lowest BCUT2D eigenvalue weighted by Crippen LogP contribution is -1.95. The Labute approximate surface area is 84.9 Å². The average Bonchev–Trinajstić information content (AvgIpc) is 2.58. The molecule has 1 heterocycles. The van der Waals surface area contributed by atoms with E-state index in [2.05, 4.69) is 19.7 Å². The number of halogens is 1. The minimum Gasteiger partial charge on any atom is -0.283 e. The number of hydrogen-bond donors (Lipinski definition) is 2. The third-order valence-electron chi connectivity index (χ3n) is 1.58. The fourth-order valence-electron chi connectivity index (χ4n) is 1.02. The Morgan fingerprint density at radius 2 is 2.00 bits per heavy atom. The Morgan fingerprint density at radius 3 is 2.71 bits per heavy atom. The normalized spacial score (nSPS) is 11.0. The Bertz CT molecular complexity index is 542. The number of fused-ring (bicyclic) bond motifs is 1. The van der Waals surface area contributed by atoms with E-state index in [1.807, 2.05) is 0 Å². The van der Waals surface area contributed by atoms with Gasteiger partial charge in [-0.1, -0.05) is 11.6 Å². The molecule has 0 radical (unpaired) electrons. The molecule has 0 amide bonds. The van der Waals surface area contributed by atoms with E-state index in [1.165, 1.54) is 12.1 Å². The summed E-state index contributed by atoms with van der Waals surface area (Å²) in [6.45, 7) is 0. The summed E-state index contributed by atoms with van der Waals surface area (Å²) in [7, 11) is -2.74. The molecule has 1 aromatic heterocycles. The summed E-state index contributed by atoms with van der Waals surface area (Å²) in [4.78, 5) is 0. The van der Waals surface area contributed by atoms with Gasteiger partial charge >= 0.3 is 0 Å². The quantitative estimate of drug-likeness (QED) is 0.750. The fourth-order valence-corrected chi connectivity index (χ4v) is 1.59. The molecule has 0 aliphatic rings. The maximum Gasteiger partial charge on any atom is 0.222 e. The number of hydrogen-bond acceptors (Lipinski definition) is 5. The molecule has 0 unspecified atom stereocenters. The molecule has 2 rings (SSSR count). The summed E-state index contributed by atoms with van der Waals surface area (Å²) in [6.07, 6.45) is 0. The van der Waals surface area contributed by atoms with Crippen molar-refractivity contribution >= 4 is 39.2 Å². The van der Waals surface area contributed by atoms with Crippen molar-refractivity contribution in [1.29, 1.82) is 0 Å². The van der Waals surface area contributed by atoms with Crippen LogP contribution in [0.2, 0.25) is 5.02 Å². The van der Waals surface area contributed by atoms with Crippen molar-refractivity contribution in [2.75, 3.05) is 4.72 Å². The second kappa shape index (κ2) is 3.43. The molecule has 14 heavy (non-hydrogen) atoms. The summed E-state index contributed by atoms with van der Waals surface area (Å²) in [5, 5.41) is 7.42. The molecule has 0 atom stereocenters. The number of rotatable bonds is 2. The number of nitrogens with one attached hydrogen (secondary N) is 1. The standard InChI is InChI=1S/C6H4ClN3O3S/c7-3-1-2-4(10-14(11)12)6-5(3)8-13-9-6/h1-2,14H,(H,10,11,12). The largest absolute Gasteiger partial charge is 0.283 e. The van der Waals surface area contributed by atoms with Gasteiger partial charge in [0.15, 0.2) is 11.0 Å². The first-order valence-electron chi connectivity index (χ1n) is 3.50. The highest BCUT2D eigenvalue weighted by atomic mass is 35.5. The summed E-state index contributed by atoms with van der Waals surface area (Å²) >= 11 is 5.77. The Balaban J connectivity index is 2.66. The molecule has 1 N–H and O–H groups in total. The van der Waals surface area contributed by atoms with Gasteiger partial charge in [-0.05, 0) is 22.4 Å². The first kappa shape index (κ1) is 9.22. The molecule has 0 bridgehead atoms. The third kappa shape index (κ3) is 1.51. The van der Waals surface area contributed by atoms with Crippen LogP contribution in [0, 0.1) is 0 Å². The van der Waals surface area contributed by atoms with Crippen LogP contribution in [0.4, 0.5) is 5.69 Å². The molecule has 0 spiro atoms. The van der Waals surface area contributed by atoms with Crippen LogP contribution in [0.5, 0.6) is 0 Å². The lowest BCUT2D eigenvalue weighted by molar-refractivity contribution is 0.315. The van der Waals surface area contributed by atoms with Gasteiger partial charge in [0.2, 0.25) is 10.9 Å². The van der Waals surface area contributed by atoms with Crippen LogP contribution >= 0.6 is 11.6 Å². The van der Waals surface area contributed by atoms with Crippen LogP contribution in [-0.2, 0) is 10.9 Å². The first-order valence-corrected chi connectivity index (χ1v) is 5.06. The molecular weight excluding hydrogens is 230 g/mol. The predicted molar refractivity (Wildman–Crippen MR) is 50.8 cm³/mol. The Morgan fingerprint density at radius 1 is 1.29 bits per heavy atom. The SMILES string of the molecule is O=[SH](=O)Nc1ccc(Cl)c2nonc12. The Kier molecular flexibility index (Phi) is 2.26. The number of nitrogens with zero attached hydrogens (tertiary/aromatic N) is 2. The van der Waals surface area contributed by atoms with Crippen molar-refractivity contribution in [2.24, 2.45) is 0 Å². The minimum absolute atomic E-state index is 0.289. The van der Waals surface area contributed by atoms with E-state index in [0.717, 1.165) is 0 Å². The van der Waals surface area contributed by atoms with Crippen molar-refractivity contribution in [3.8, 4) is 0 Å². The topological polar surface area (TPSA) is 85.1 Å². The number of thiol groups is 1. The molecule has 1 aromatic carbocycles. The van der Waals surface area contributed by atoms with Gasteiger partial charge in [-0.2, -0.15) is 0 Å². The van der Waals surface area contributed by atoms with Gasteiger partial charge in [-0.15, -0.1) is 0 Å². The van der Waals surface area contributed by atoms with Crippen LogP contribution in [-0.4, -0.2) is 18.7 Å². The molecule has 2 aromatic rings. The van der Waals surface area contributed by atoms with Crippen LogP contribution in [0.25, 0.3) is 11.0 Å². The van der Waals surface area contributed by atoms with Crippen molar-refractivity contribution in [1.82, 2.24) is 10.3 Å². The molecular formula is C6H4ClN3O3S. The monoisotopic (exact) mass is 233 g/mol. The summed E-state index contributed by atoms with van der Waals surface area (Å²) in [6, 6.07) is 3.00. The second-order valence-electron chi connectivity index (χ2n) is 2.43. The molecule has 74 valence electrons. The number of benzene rings is 1. The van der Waals surface area contributed by atoms with E-state index < -0.39 is 10.9 Å². The predicted octanol–water partition coefficient (Wildman–Crippen LogP) is 0.814. The van der Waals surface area contributed by atoms with Crippen LogP contribution in [0.3, 0.4) is 0 Å². The van der Waals surface area contributed by atoms with E-state index in [9.17, 15) is 8.42 Å². The minimum atomic E-state index is -2.74. The van der Waals surface area contributed by atoms with Gasteiger partial charge < -0.3 is 0 Å². The highest BCUT2D eigenvalue weighted by molar-refractivity contribution is 7.73. The van der Waals surface area contributed by atoms with Crippen molar-refractivity contribution in [2.45, 2.75) is 0 Å². The molecule has 0 aliphatic heterocycles. The lowest BCUT2D eigenvalue weighted by atomic mass is 10.3. The maximum absolute atomic E-state index is 10.4. The number of anilines is 1. The maximum atomic E-state index is 10.4. The molecule has 0 fully saturated rings. The van der Waals surface area contributed by atoms with Gasteiger partial charge in [-0.3, -0.25) is 4.72 Å². The average molecular weight is 234 g/mol. The van der Waals surface area contributed by atoms with Gasteiger partial charge in [0.05, 0.1) is 10.7 Å². The van der Waals surface area contributed by atoms with E-state index in [0.29, 0.717) is 16.2 Å². The van der Waals surface area contributed by atoms with Crippen molar-refractivity contribution in [3.63, 3.8) is 0 Å². The fraction of sp³-hybridized carbons (Fsp3) is 0. The van der Waals surface area contributed by atoms with Gasteiger partial charge in [0, 0.05) is 0 Å². The molecule has 0 saturated carbocycles. The zero-order valence-corrected chi connectivity index (χ0v) is 8.25. The summed E-state index contributed by atoms with van der Waals surface area (Å²) in [5.74, 6) is 0. The molecule has 8 heteroatoms. The van der Waals surface area contributed by atoms with E-state index in [-0.39, 0.29) is 5.52 Å². The van der Waals surface area contributed by atoms with E-state index in [4.69, 9.17) is 11.6 Å². The van der Waals surface area contributed by atoms with Crippen molar-refractivity contribution in [3.05, 3.63) is 17.2 Å². The highest BCUT2D eigenvalue weighted by Crippen LogP contribution is 2.26. The van der Waals surface area contributed by atoms with E-state index in [1.54, 1.807) is 0 Å².